The van der Waals surface area contributed by atoms with Crippen LogP contribution in [0.1, 0.15) is 37.9 Å². The molecule has 0 saturated heterocycles. The molecule has 1 rings (SSSR count). The second-order valence-corrected chi connectivity index (χ2v) is 4.30. The lowest BCUT2D eigenvalue weighted by Gasteiger charge is -2.04. The van der Waals surface area contributed by atoms with Crippen molar-refractivity contribution >= 4 is 11.8 Å². The van der Waals surface area contributed by atoms with Gasteiger partial charge in [-0.25, -0.2) is 0 Å². The molecule has 0 radical (unpaired) electrons. The molecule has 1 unspecified atom stereocenters. The van der Waals surface area contributed by atoms with Crippen LogP contribution in [0, 0.1) is 0 Å². The predicted molar refractivity (Wildman–Crippen MR) is 58.2 cm³/mol. The van der Waals surface area contributed by atoms with Crippen LogP contribution in [-0.2, 0) is 5.75 Å². The molecule has 1 aromatic heterocycles. The van der Waals surface area contributed by atoms with Crippen molar-refractivity contribution in [3.63, 3.8) is 0 Å². The summed E-state index contributed by atoms with van der Waals surface area (Å²) in [5.41, 5.74) is 5.59. The van der Waals surface area contributed by atoms with E-state index in [0.717, 1.165) is 23.8 Å². The largest absolute Gasteiger partial charge is 0.339 e. The van der Waals surface area contributed by atoms with Crippen molar-refractivity contribution in [3.05, 3.63) is 11.7 Å². The molecule has 0 saturated carbocycles. The zero-order valence-electron chi connectivity index (χ0n) is 8.69. The Morgan fingerprint density at radius 1 is 1.50 bits per heavy atom. The van der Waals surface area contributed by atoms with Gasteiger partial charge in [0.25, 0.3) is 0 Å². The molecule has 0 fully saturated rings. The number of thioether (sulfide) groups is 1. The quantitative estimate of drug-likeness (QED) is 0.783. The van der Waals surface area contributed by atoms with Gasteiger partial charge in [-0.1, -0.05) is 19.0 Å². The Hall–Kier alpha value is -0.550. The molecule has 2 N–H and O–H groups in total. The van der Waals surface area contributed by atoms with Crippen LogP contribution in [0.5, 0.6) is 0 Å². The highest BCUT2D eigenvalue weighted by Gasteiger charge is 2.15. The summed E-state index contributed by atoms with van der Waals surface area (Å²) in [6.45, 7) is 4.75. The van der Waals surface area contributed by atoms with Crippen LogP contribution in [0.3, 0.4) is 0 Å². The lowest BCUT2D eigenvalue weighted by molar-refractivity contribution is 0.348. The monoisotopic (exact) mass is 215 g/mol. The average Bonchev–Trinajstić information content (AvgIpc) is 2.65. The Morgan fingerprint density at radius 3 is 2.86 bits per heavy atom. The van der Waals surface area contributed by atoms with E-state index in [-0.39, 0.29) is 5.92 Å². The fourth-order valence-corrected chi connectivity index (χ4v) is 1.63. The van der Waals surface area contributed by atoms with Gasteiger partial charge in [0.1, 0.15) is 0 Å². The van der Waals surface area contributed by atoms with Gasteiger partial charge in [-0.15, -0.1) is 0 Å². The van der Waals surface area contributed by atoms with Gasteiger partial charge in [-0.2, -0.15) is 16.7 Å². The molecule has 0 amide bonds. The van der Waals surface area contributed by atoms with E-state index >= 15 is 0 Å². The molecule has 1 heterocycles. The lowest BCUT2D eigenvalue weighted by Crippen LogP contribution is -2.11. The SMILES string of the molecule is CCSCc1noc(C(CC)CN)n1. The second-order valence-electron chi connectivity index (χ2n) is 3.03. The third-order valence-electron chi connectivity index (χ3n) is 2.05. The summed E-state index contributed by atoms with van der Waals surface area (Å²) >= 11 is 1.79. The molecule has 0 bridgehead atoms. The Balaban J connectivity index is 2.57. The number of rotatable bonds is 6. The summed E-state index contributed by atoms with van der Waals surface area (Å²) in [5, 5.41) is 3.91. The highest BCUT2D eigenvalue weighted by molar-refractivity contribution is 7.98. The van der Waals surface area contributed by atoms with Crippen LogP contribution < -0.4 is 5.73 Å². The van der Waals surface area contributed by atoms with E-state index in [4.69, 9.17) is 10.3 Å². The summed E-state index contributed by atoms with van der Waals surface area (Å²) in [4.78, 5) is 4.31. The van der Waals surface area contributed by atoms with E-state index in [1.807, 2.05) is 0 Å². The summed E-state index contributed by atoms with van der Waals surface area (Å²) in [7, 11) is 0. The molecule has 0 aromatic carbocycles. The maximum absolute atomic E-state index is 5.59. The molecule has 0 aliphatic rings. The van der Waals surface area contributed by atoms with Crippen molar-refractivity contribution in [2.24, 2.45) is 5.73 Å². The maximum atomic E-state index is 5.59. The van der Waals surface area contributed by atoms with Crippen molar-refractivity contribution in [2.45, 2.75) is 31.9 Å². The first-order valence-corrected chi connectivity index (χ1v) is 6.07. The smallest absolute Gasteiger partial charge is 0.231 e. The number of nitrogens with zero attached hydrogens (tertiary/aromatic N) is 2. The first kappa shape index (κ1) is 11.5. The molecular weight excluding hydrogens is 198 g/mol. The molecule has 80 valence electrons. The Morgan fingerprint density at radius 2 is 2.29 bits per heavy atom. The fraction of sp³-hybridized carbons (Fsp3) is 0.778. The minimum atomic E-state index is 0.211. The molecule has 4 nitrogen and oxygen atoms in total. The van der Waals surface area contributed by atoms with Crippen LogP contribution in [0.15, 0.2) is 4.52 Å². The zero-order chi connectivity index (χ0) is 10.4. The van der Waals surface area contributed by atoms with Gasteiger partial charge in [0, 0.05) is 6.54 Å². The van der Waals surface area contributed by atoms with Crippen LogP contribution in [0.25, 0.3) is 0 Å². The zero-order valence-corrected chi connectivity index (χ0v) is 9.51. The Bertz CT molecular complexity index is 260. The van der Waals surface area contributed by atoms with Crippen molar-refractivity contribution in [2.75, 3.05) is 12.3 Å². The first-order chi connectivity index (χ1) is 6.81. The fourth-order valence-electron chi connectivity index (χ4n) is 1.13. The number of hydrogen-bond donors (Lipinski definition) is 1. The topological polar surface area (TPSA) is 64.9 Å². The number of aromatic nitrogens is 2. The van der Waals surface area contributed by atoms with Gasteiger partial charge in [-0.05, 0) is 12.2 Å². The van der Waals surface area contributed by atoms with Gasteiger partial charge < -0.3 is 10.3 Å². The normalized spacial score (nSPS) is 13.1. The molecule has 1 atom stereocenters. The highest BCUT2D eigenvalue weighted by Crippen LogP contribution is 2.17. The summed E-state index contributed by atoms with van der Waals surface area (Å²) in [6, 6.07) is 0. The lowest BCUT2D eigenvalue weighted by atomic mass is 10.1. The second kappa shape index (κ2) is 6.03. The average molecular weight is 215 g/mol. The first-order valence-electron chi connectivity index (χ1n) is 4.92. The molecular formula is C9H17N3OS. The van der Waals surface area contributed by atoms with Gasteiger partial charge in [0.05, 0.1) is 11.7 Å². The summed E-state index contributed by atoms with van der Waals surface area (Å²) in [5.74, 6) is 3.56. The van der Waals surface area contributed by atoms with E-state index in [9.17, 15) is 0 Å². The molecule has 0 aliphatic carbocycles. The minimum absolute atomic E-state index is 0.211. The predicted octanol–water partition coefficient (Wildman–Crippen LogP) is 1.77. The van der Waals surface area contributed by atoms with Gasteiger partial charge in [0.15, 0.2) is 5.82 Å². The van der Waals surface area contributed by atoms with Crippen LogP contribution in [-0.4, -0.2) is 22.4 Å². The van der Waals surface area contributed by atoms with Crippen LogP contribution in [0.2, 0.25) is 0 Å². The van der Waals surface area contributed by atoms with Crippen molar-refractivity contribution in [1.29, 1.82) is 0 Å². The summed E-state index contributed by atoms with van der Waals surface area (Å²) in [6.07, 6.45) is 0.944. The van der Waals surface area contributed by atoms with Crippen LogP contribution in [0.4, 0.5) is 0 Å². The van der Waals surface area contributed by atoms with E-state index in [0.29, 0.717) is 12.4 Å². The van der Waals surface area contributed by atoms with E-state index < -0.39 is 0 Å². The van der Waals surface area contributed by atoms with Gasteiger partial charge >= 0.3 is 0 Å². The maximum Gasteiger partial charge on any atom is 0.231 e. The van der Waals surface area contributed by atoms with E-state index in [2.05, 4.69) is 24.0 Å². The third-order valence-corrected chi connectivity index (χ3v) is 2.92. The Labute approximate surface area is 88.6 Å². The van der Waals surface area contributed by atoms with Gasteiger partial charge in [-0.3, -0.25) is 0 Å². The number of nitrogens with two attached hydrogens (primary N) is 1. The third kappa shape index (κ3) is 2.99. The molecule has 0 spiro atoms. The molecule has 1 aromatic rings. The van der Waals surface area contributed by atoms with E-state index in [1.54, 1.807) is 11.8 Å². The van der Waals surface area contributed by atoms with E-state index in [1.165, 1.54) is 0 Å². The summed E-state index contributed by atoms with van der Waals surface area (Å²) < 4.78 is 5.15. The van der Waals surface area contributed by atoms with Crippen molar-refractivity contribution in [1.82, 2.24) is 10.1 Å². The molecule has 5 heteroatoms. The standard InChI is InChI=1S/C9H17N3OS/c1-3-7(5-10)9-11-8(12-13-9)6-14-4-2/h7H,3-6,10H2,1-2H3. The van der Waals surface area contributed by atoms with Crippen molar-refractivity contribution < 1.29 is 4.52 Å². The molecule has 14 heavy (non-hydrogen) atoms. The number of hydrogen-bond acceptors (Lipinski definition) is 5. The van der Waals surface area contributed by atoms with Crippen LogP contribution >= 0.6 is 11.8 Å². The van der Waals surface area contributed by atoms with Gasteiger partial charge in [0.2, 0.25) is 5.89 Å². The minimum Gasteiger partial charge on any atom is -0.339 e. The molecule has 0 aliphatic heterocycles. The Kier molecular flexibility index (Phi) is 4.97. The highest BCUT2D eigenvalue weighted by atomic mass is 32.2. The van der Waals surface area contributed by atoms with Crippen molar-refractivity contribution in [3.8, 4) is 0 Å².